The van der Waals surface area contributed by atoms with Gasteiger partial charge in [-0.1, -0.05) is 24.3 Å². The molecule has 2 heteroatoms. The van der Waals surface area contributed by atoms with Gasteiger partial charge in [-0.05, 0) is 25.0 Å². The summed E-state index contributed by atoms with van der Waals surface area (Å²) < 4.78 is 5.13. The molecule has 0 saturated heterocycles. The van der Waals surface area contributed by atoms with Gasteiger partial charge >= 0.3 is 0 Å². The minimum atomic E-state index is -0.416. The molecule has 0 saturated carbocycles. The summed E-state index contributed by atoms with van der Waals surface area (Å²) in [7, 11) is 1.55. The predicted molar refractivity (Wildman–Crippen MR) is 51.6 cm³/mol. The van der Waals surface area contributed by atoms with Crippen molar-refractivity contribution in [2.45, 2.75) is 20.0 Å². The number of carbonyl (C=O) groups excluding carboxylic acids is 1. The lowest BCUT2D eigenvalue weighted by atomic mass is 10.0. The maximum absolute atomic E-state index is 11.2. The van der Waals surface area contributed by atoms with Crippen LogP contribution in [0.1, 0.15) is 24.2 Å². The molecule has 0 aliphatic carbocycles. The number of aryl methyl sites for hydroxylation is 1. The molecule has 0 aliphatic heterocycles. The fraction of sp³-hybridized carbons (Fsp3) is 0.364. The van der Waals surface area contributed by atoms with E-state index in [-0.39, 0.29) is 5.78 Å². The van der Waals surface area contributed by atoms with Gasteiger partial charge in [0.2, 0.25) is 0 Å². The summed E-state index contributed by atoms with van der Waals surface area (Å²) in [6.45, 7) is 3.52. The van der Waals surface area contributed by atoms with Gasteiger partial charge in [0.15, 0.2) is 5.78 Å². The van der Waals surface area contributed by atoms with Gasteiger partial charge in [-0.2, -0.15) is 0 Å². The van der Waals surface area contributed by atoms with Gasteiger partial charge in [-0.3, -0.25) is 4.79 Å². The van der Waals surface area contributed by atoms with Crippen LogP contribution < -0.4 is 0 Å². The molecular formula is C11H14O2. The Morgan fingerprint density at radius 1 is 1.38 bits per heavy atom. The van der Waals surface area contributed by atoms with Crippen molar-refractivity contribution in [2.24, 2.45) is 0 Å². The Balaban J connectivity index is 3.04. The first-order chi connectivity index (χ1) is 6.16. The van der Waals surface area contributed by atoms with E-state index in [1.54, 1.807) is 14.0 Å². The number of methoxy groups -OCH3 is 1. The number of benzene rings is 1. The molecule has 1 rings (SSSR count). The third-order valence-electron chi connectivity index (χ3n) is 2.08. The zero-order valence-electron chi connectivity index (χ0n) is 8.20. The molecule has 0 amide bonds. The first-order valence-electron chi connectivity index (χ1n) is 4.25. The molecule has 1 unspecified atom stereocenters. The van der Waals surface area contributed by atoms with Crippen molar-refractivity contribution in [2.75, 3.05) is 7.11 Å². The second-order valence-electron chi connectivity index (χ2n) is 3.08. The molecule has 0 spiro atoms. The van der Waals surface area contributed by atoms with Crippen LogP contribution in [0.3, 0.4) is 0 Å². The van der Waals surface area contributed by atoms with Crippen LogP contribution in [0.25, 0.3) is 0 Å². The highest BCUT2D eigenvalue weighted by Crippen LogP contribution is 2.20. The highest BCUT2D eigenvalue weighted by molar-refractivity contribution is 5.82. The van der Waals surface area contributed by atoms with Crippen LogP contribution in [0.15, 0.2) is 24.3 Å². The Bertz CT molecular complexity index is 305. The van der Waals surface area contributed by atoms with Gasteiger partial charge in [0.05, 0.1) is 0 Å². The summed E-state index contributed by atoms with van der Waals surface area (Å²) >= 11 is 0. The molecule has 2 nitrogen and oxygen atoms in total. The number of carbonyl (C=O) groups is 1. The highest BCUT2D eigenvalue weighted by Gasteiger charge is 2.16. The van der Waals surface area contributed by atoms with E-state index in [2.05, 4.69) is 0 Å². The van der Waals surface area contributed by atoms with Crippen LogP contribution in [0.2, 0.25) is 0 Å². The zero-order valence-corrected chi connectivity index (χ0v) is 8.20. The maximum atomic E-state index is 11.2. The van der Waals surface area contributed by atoms with Crippen molar-refractivity contribution < 1.29 is 9.53 Å². The minimum absolute atomic E-state index is 0.0387. The van der Waals surface area contributed by atoms with Crippen molar-refractivity contribution in [1.82, 2.24) is 0 Å². The Kier molecular flexibility index (Phi) is 3.20. The van der Waals surface area contributed by atoms with E-state index in [1.165, 1.54) is 0 Å². The molecule has 1 aromatic carbocycles. The third kappa shape index (κ3) is 2.16. The van der Waals surface area contributed by atoms with Crippen molar-refractivity contribution in [3.05, 3.63) is 35.4 Å². The monoisotopic (exact) mass is 178 g/mol. The fourth-order valence-electron chi connectivity index (χ4n) is 1.39. The first kappa shape index (κ1) is 9.93. The summed E-state index contributed by atoms with van der Waals surface area (Å²) in [4.78, 5) is 11.2. The van der Waals surface area contributed by atoms with Gasteiger partial charge in [0.1, 0.15) is 6.10 Å². The molecular weight excluding hydrogens is 164 g/mol. The highest BCUT2D eigenvalue weighted by atomic mass is 16.5. The molecule has 0 bridgehead atoms. The number of ether oxygens (including phenoxy) is 1. The van der Waals surface area contributed by atoms with E-state index in [1.807, 2.05) is 31.2 Å². The Hall–Kier alpha value is -1.15. The van der Waals surface area contributed by atoms with Crippen molar-refractivity contribution in [3.63, 3.8) is 0 Å². The number of hydrogen-bond acceptors (Lipinski definition) is 2. The Morgan fingerprint density at radius 3 is 2.46 bits per heavy atom. The second kappa shape index (κ2) is 4.19. The molecule has 0 heterocycles. The van der Waals surface area contributed by atoms with Crippen LogP contribution in [-0.2, 0) is 9.53 Å². The summed E-state index contributed by atoms with van der Waals surface area (Å²) in [6, 6.07) is 7.76. The molecule has 1 aromatic rings. The second-order valence-corrected chi connectivity index (χ2v) is 3.08. The van der Waals surface area contributed by atoms with Crippen molar-refractivity contribution in [1.29, 1.82) is 0 Å². The van der Waals surface area contributed by atoms with E-state index in [0.29, 0.717) is 0 Å². The maximum Gasteiger partial charge on any atom is 0.163 e. The Labute approximate surface area is 78.5 Å². The lowest BCUT2D eigenvalue weighted by Crippen LogP contribution is -2.11. The third-order valence-corrected chi connectivity index (χ3v) is 2.08. The number of hydrogen-bond donors (Lipinski definition) is 0. The minimum Gasteiger partial charge on any atom is -0.369 e. The molecule has 13 heavy (non-hydrogen) atoms. The van der Waals surface area contributed by atoms with Crippen LogP contribution in [0.4, 0.5) is 0 Å². The quantitative estimate of drug-likeness (QED) is 0.709. The first-order valence-corrected chi connectivity index (χ1v) is 4.25. The number of Topliss-reactive ketones (excluding diaryl/α,β-unsaturated/α-hetero) is 1. The average molecular weight is 178 g/mol. The van der Waals surface area contributed by atoms with Crippen molar-refractivity contribution >= 4 is 5.78 Å². The summed E-state index contributed by atoms with van der Waals surface area (Å²) in [5.74, 6) is 0.0387. The predicted octanol–water partition coefficient (Wildman–Crippen LogP) is 2.27. The lowest BCUT2D eigenvalue weighted by Gasteiger charge is -2.14. The normalized spacial score (nSPS) is 12.5. The van der Waals surface area contributed by atoms with Gasteiger partial charge in [0, 0.05) is 7.11 Å². The standard InChI is InChI=1S/C11H14O2/c1-8-6-4-5-7-10(8)11(13-3)9(2)12/h4-7,11H,1-3H3. The molecule has 0 fully saturated rings. The fourth-order valence-corrected chi connectivity index (χ4v) is 1.39. The molecule has 0 aliphatic rings. The summed E-state index contributed by atoms with van der Waals surface area (Å²) in [5, 5.41) is 0. The number of rotatable bonds is 3. The molecule has 0 aromatic heterocycles. The largest absolute Gasteiger partial charge is 0.369 e. The van der Waals surface area contributed by atoms with E-state index in [9.17, 15) is 4.79 Å². The van der Waals surface area contributed by atoms with Crippen molar-refractivity contribution in [3.8, 4) is 0 Å². The number of ketones is 1. The van der Waals surface area contributed by atoms with Crippen LogP contribution in [-0.4, -0.2) is 12.9 Å². The van der Waals surface area contributed by atoms with Crippen LogP contribution in [0, 0.1) is 6.92 Å². The molecule has 0 radical (unpaired) electrons. The molecule has 70 valence electrons. The van der Waals surface area contributed by atoms with E-state index < -0.39 is 6.10 Å². The van der Waals surface area contributed by atoms with Gasteiger partial charge in [-0.15, -0.1) is 0 Å². The van der Waals surface area contributed by atoms with Gasteiger partial charge < -0.3 is 4.74 Å². The van der Waals surface area contributed by atoms with E-state index in [0.717, 1.165) is 11.1 Å². The van der Waals surface area contributed by atoms with E-state index >= 15 is 0 Å². The van der Waals surface area contributed by atoms with Gasteiger partial charge in [-0.25, -0.2) is 0 Å². The molecule has 0 N–H and O–H groups in total. The topological polar surface area (TPSA) is 26.3 Å². The SMILES string of the molecule is COC(C(C)=O)c1ccccc1C. The van der Waals surface area contributed by atoms with Crippen LogP contribution >= 0.6 is 0 Å². The van der Waals surface area contributed by atoms with E-state index in [4.69, 9.17) is 4.74 Å². The lowest BCUT2D eigenvalue weighted by molar-refractivity contribution is -0.126. The Morgan fingerprint density at radius 2 is 2.00 bits per heavy atom. The molecule has 1 atom stereocenters. The average Bonchev–Trinajstić information content (AvgIpc) is 2.09. The van der Waals surface area contributed by atoms with Gasteiger partial charge in [0.25, 0.3) is 0 Å². The summed E-state index contributed by atoms with van der Waals surface area (Å²) in [5.41, 5.74) is 2.04. The summed E-state index contributed by atoms with van der Waals surface area (Å²) in [6.07, 6.45) is -0.416. The van der Waals surface area contributed by atoms with Crippen LogP contribution in [0.5, 0.6) is 0 Å². The zero-order chi connectivity index (χ0) is 9.84. The smallest absolute Gasteiger partial charge is 0.163 e.